The molecule has 0 bridgehead atoms. The molecule has 0 aliphatic heterocycles. The van der Waals surface area contributed by atoms with Crippen LogP contribution in [0.5, 0.6) is 0 Å². The summed E-state index contributed by atoms with van der Waals surface area (Å²) in [5, 5.41) is 0. The Morgan fingerprint density at radius 1 is 1.62 bits per heavy atom. The van der Waals surface area contributed by atoms with Crippen LogP contribution >= 0.6 is 11.8 Å². The Hall–Kier alpha value is -0.730. The normalized spacial score (nSPS) is 12.5. The Balaban J connectivity index is 2.73. The van der Waals surface area contributed by atoms with Crippen molar-refractivity contribution < 1.29 is 0 Å². The molecule has 1 atom stereocenters. The highest BCUT2D eigenvalue weighted by molar-refractivity contribution is 7.99. The molecule has 0 radical (unpaired) electrons. The first-order valence-electron chi connectivity index (χ1n) is 4.33. The van der Waals surface area contributed by atoms with E-state index in [1.54, 1.807) is 11.8 Å². The molecule has 0 heterocycles. The third-order valence-electron chi connectivity index (χ3n) is 1.75. The third-order valence-corrected chi connectivity index (χ3v) is 2.74. The summed E-state index contributed by atoms with van der Waals surface area (Å²) in [6.45, 7) is 5.69. The molecule has 70 valence electrons. The van der Waals surface area contributed by atoms with Gasteiger partial charge in [-0.15, -0.1) is 18.3 Å². The van der Waals surface area contributed by atoms with Gasteiger partial charge in [-0.05, 0) is 24.6 Å². The van der Waals surface area contributed by atoms with E-state index in [0.29, 0.717) is 0 Å². The molecule has 0 fully saturated rings. The summed E-state index contributed by atoms with van der Waals surface area (Å²) in [6.07, 6.45) is 1.91. The van der Waals surface area contributed by atoms with Gasteiger partial charge in [0.1, 0.15) is 0 Å². The van der Waals surface area contributed by atoms with Crippen molar-refractivity contribution in [3.05, 3.63) is 42.5 Å². The Labute approximate surface area is 84.0 Å². The Morgan fingerprint density at radius 2 is 2.38 bits per heavy atom. The molecule has 0 aromatic heterocycles. The number of benzene rings is 1. The van der Waals surface area contributed by atoms with Crippen molar-refractivity contribution in [3.63, 3.8) is 0 Å². The Kier molecular flexibility index (Phi) is 4.06. The van der Waals surface area contributed by atoms with Crippen LogP contribution in [0.1, 0.15) is 18.5 Å². The molecule has 1 unspecified atom stereocenters. The molecule has 0 aliphatic carbocycles. The second kappa shape index (κ2) is 5.10. The molecule has 0 aliphatic rings. The molecule has 1 rings (SSSR count). The first-order valence-corrected chi connectivity index (χ1v) is 5.32. The largest absolute Gasteiger partial charge is 0.324 e. The van der Waals surface area contributed by atoms with E-state index in [1.807, 2.05) is 19.1 Å². The van der Waals surface area contributed by atoms with Gasteiger partial charge in [0.25, 0.3) is 0 Å². The van der Waals surface area contributed by atoms with Gasteiger partial charge in [0, 0.05) is 16.7 Å². The van der Waals surface area contributed by atoms with Crippen LogP contribution in [-0.4, -0.2) is 5.75 Å². The third kappa shape index (κ3) is 3.25. The van der Waals surface area contributed by atoms with E-state index < -0.39 is 0 Å². The molecule has 2 heteroatoms. The van der Waals surface area contributed by atoms with E-state index in [1.165, 1.54) is 10.5 Å². The predicted molar refractivity (Wildman–Crippen MR) is 60.0 cm³/mol. The fraction of sp³-hybridized carbons (Fsp3) is 0.273. The van der Waals surface area contributed by atoms with Crippen molar-refractivity contribution in [2.75, 3.05) is 5.75 Å². The van der Waals surface area contributed by atoms with Crippen LogP contribution in [0.2, 0.25) is 0 Å². The molecule has 0 amide bonds. The first kappa shape index (κ1) is 10.4. The maximum absolute atomic E-state index is 5.78. The molecule has 1 aromatic rings. The average Bonchev–Trinajstić information content (AvgIpc) is 2.15. The SMILES string of the molecule is C=CCSc1cccc(C(C)N)c1. The fourth-order valence-corrected chi connectivity index (χ4v) is 1.75. The number of hydrogen-bond donors (Lipinski definition) is 1. The highest BCUT2D eigenvalue weighted by Gasteiger charge is 1.99. The molecular formula is C11H15NS. The Morgan fingerprint density at radius 3 is 3.00 bits per heavy atom. The summed E-state index contributed by atoms with van der Waals surface area (Å²) in [4.78, 5) is 1.26. The molecule has 1 nitrogen and oxygen atoms in total. The molecule has 1 aromatic carbocycles. The smallest absolute Gasteiger partial charge is 0.0266 e. The molecule has 0 saturated carbocycles. The molecular weight excluding hydrogens is 178 g/mol. The summed E-state index contributed by atoms with van der Waals surface area (Å²) in [5.74, 6) is 0.947. The van der Waals surface area contributed by atoms with E-state index in [0.717, 1.165) is 5.75 Å². The minimum atomic E-state index is 0.115. The zero-order valence-electron chi connectivity index (χ0n) is 7.86. The van der Waals surface area contributed by atoms with Crippen molar-refractivity contribution in [1.82, 2.24) is 0 Å². The molecule has 0 spiro atoms. The highest BCUT2D eigenvalue weighted by atomic mass is 32.2. The van der Waals surface area contributed by atoms with Crippen LogP contribution in [0.4, 0.5) is 0 Å². The van der Waals surface area contributed by atoms with Crippen molar-refractivity contribution in [1.29, 1.82) is 0 Å². The summed E-state index contributed by atoms with van der Waals surface area (Å²) in [7, 11) is 0. The topological polar surface area (TPSA) is 26.0 Å². The average molecular weight is 193 g/mol. The number of rotatable bonds is 4. The van der Waals surface area contributed by atoms with Crippen LogP contribution < -0.4 is 5.73 Å². The van der Waals surface area contributed by atoms with Crippen molar-refractivity contribution >= 4 is 11.8 Å². The molecule has 2 N–H and O–H groups in total. The van der Waals surface area contributed by atoms with Crippen LogP contribution in [-0.2, 0) is 0 Å². The second-order valence-electron chi connectivity index (χ2n) is 2.96. The van der Waals surface area contributed by atoms with Gasteiger partial charge in [-0.25, -0.2) is 0 Å². The monoisotopic (exact) mass is 193 g/mol. The van der Waals surface area contributed by atoms with Gasteiger partial charge in [0.05, 0.1) is 0 Å². The molecule has 0 saturated heterocycles. The standard InChI is InChI=1S/C11H15NS/c1-3-7-13-11-6-4-5-10(8-11)9(2)12/h3-6,8-9H,1,7,12H2,2H3. The van der Waals surface area contributed by atoms with Gasteiger partial charge >= 0.3 is 0 Å². The van der Waals surface area contributed by atoms with Gasteiger partial charge in [-0.2, -0.15) is 0 Å². The fourth-order valence-electron chi connectivity index (χ4n) is 1.04. The van der Waals surface area contributed by atoms with Gasteiger partial charge in [-0.1, -0.05) is 18.2 Å². The lowest BCUT2D eigenvalue weighted by atomic mass is 10.1. The van der Waals surface area contributed by atoms with Crippen LogP contribution in [0.15, 0.2) is 41.8 Å². The number of thioether (sulfide) groups is 1. The minimum absolute atomic E-state index is 0.115. The van der Waals surface area contributed by atoms with Crippen LogP contribution in [0.3, 0.4) is 0 Å². The number of nitrogens with two attached hydrogens (primary N) is 1. The van der Waals surface area contributed by atoms with Crippen molar-refractivity contribution in [2.24, 2.45) is 5.73 Å². The zero-order valence-corrected chi connectivity index (χ0v) is 8.68. The van der Waals surface area contributed by atoms with Crippen LogP contribution in [0, 0.1) is 0 Å². The van der Waals surface area contributed by atoms with E-state index in [2.05, 4.69) is 24.8 Å². The zero-order chi connectivity index (χ0) is 9.68. The van der Waals surface area contributed by atoms with Crippen molar-refractivity contribution in [3.8, 4) is 0 Å². The van der Waals surface area contributed by atoms with E-state index in [-0.39, 0.29) is 6.04 Å². The maximum Gasteiger partial charge on any atom is 0.0266 e. The summed E-state index contributed by atoms with van der Waals surface area (Å²) in [5.41, 5.74) is 6.97. The van der Waals surface area contributed by atoms with Crippen molar-refractivity contribution in [2.45, 2.75) is 17.9 Å². The van der Waals surface area contributed by atoms with Gasteiger partial charge in [0.15, 0.2) is 0 Å². The maximum atomic E-state index is 5.78. The number of hydrogen-bond acceptors (Lipinski definition) is 2. The first-order chi connectivity index (χ1) is 6.24. The summed E-state index contributed by atoms with van der Waals surface area (Å²) in [6, 6.07) is 8.45. The Bertz CT molecular complexity index is 281. The van der Waals surface area contributed by atoms with Gasteiger partial charge in [-0.3, -0.25) is 0 Å². The quantitative estimate of drug-likeness (QED) is 0.587. The summed E-state index contributed by atoms with van der Waals surface area (Å²) >= 11 is 1.78. The lowest BCUT2D eigenvalue weighted by molar-refractivity contribution is 0.815. The van der Waals surface area contributed by atoms with E-state index >= 15 is 0 Å². The van der Waals surface area contributed by atoms with E-state index in [4.69, 9.17) is 5.73 Å². The minimum Gasteiger partial charge on any atom is -0.324 e. The highest BCUT2D eigenvalue weighted by Crippen LogP contribution is 2.21. The molecule has 13 heavy (non-hydrogen) atoms. The lowest BCUT2D eigenvalue weighted by Gasteiger charge is -2.06. The predicted octanol–water partition coefficient (Wildman–Crippen LogP) is 2.98. The van der Waals surface area contributed by atoms with E-state index in [9.17, 15) is 0 Å². The van der Waals surface area contributed by atoms with Crippen LogP contribution in [0.25, 0.3) is 0 Å². The second-order valence-corrected chi connectivity index (χ2v) is 4.05. The lowest BCUT2D eigenvalue weighted by Crippen LogP contribution is -2.04. The summed E-state index contributed by atoms with van der Waals surface area (Å²) < 4.78 is 0. The van der Waals surface area contributed by atoms with Gasteiger partial charge in [0.2, 0.25) is 0 Å². The van der Waals surface area contributed by atoms with Gasteiger partial charge < -0.3 is 5.73 Å².